The zero-order valence-corrected chi connectivity index (χ0v) is 17.2. The van der Waals surface area contributed by atoms with Gasteiger partial charge in [-0.25, -0.2) is 0 Å². The number of allylic oxidation sites excluding steroid dienone is 1. The molecule has 0 atom stereocenters. The van der Waals surface area contributed by atoms with Crippen LogP contribution in [0.25, 0.3) is 23.1 Å². The normalized spacial score (nSPS) is 14.8. The van der Waals surface area contributed by atoms with E-state index in [1.807, 2.05) is 50.3 Å². The predicted molar refractivity (Wildman–Crippen MR) is 118 cm³/mol. The average Bonchev–Trinajstić information content (AvgIpc) is 3.14. The molecule has 0 fully saturated rings. The molecule has 0 N–H and O–H groups in total. The van der Waals surface area contributed by atoms with Gasteiger partial charge in [0.25, 0.3) is 0 Å². The molecule has 4 rings (SSSR count). The van der Waals surface area contributed by atoms with Crippen LogP contribution in [0.3, 0.4) is 0 Å². The number of carbonyl (C=O) groups is 1. The van der Waals surface area contributed by atoms with Crippen LogP contribution in [0.5, 0.6) is 11.5 Å². The number of carbonyl (C=O) groups excluding carboxylic acids is 1. The van der Waals surface area contributed by atoms with Gasteiger partial charge in [0.1, 0.15) is 17.1 Å². The summed E-state index contributed by atoms with van der Waals surface area (Å²) in [5.41, 5.74) is 3.01. The fourth-order valence-corrected chi connectivity index (χ4v) is 3.75. The molecule has 0 radical (unpaired) electrons. The van der Waals surface area contributed by atoms with Gasteiger partial charge < -0.3 is 14.0 Å². The van der Waals surface area contributed by atoms with Crippen LogP contribution in [0.2, 0.25) is 0 Å². The lowest BCUT2D eigenvalue weighted by Crippen LogP contribution is -2.28. The molecule has 1 aliphatic rings. The maximum atomic E-state index is 13.1. The molecule has 0 bridgehead atoms. The summed E-state index contributed by atoms with van der Waals surface area (Å²) in [5.74, 6) is 1.17. The summed E-state index contributed by atoms with van der Waals surface area (Å²) in [6, 6.07) is 11.8. The third kappa shape index (κ3) is 3.46. The molecule has 4 nitrogen and oxygen atoms in total. The van der Waals surface area contributed by atoms with E-state index in [4.69, 9.17) is 9.47 Å². The molecular weight excluding hydrogens is 362 g/mol. The second-order valence-electron chi connectivity index (χ2n) is 7.68. The molecule has 29 heavy (non-hydrogen) atoms. The summed E-state index contributed by atoms with van der Waals surface area (Å²) in [4.78, 5) is 13.1. The minimum atomic E-state index is -0.480. The first-order valence-electron chi connectivity index (χ1n) is 9.83. The van der Waals surface area contributed by atoms with Gasteiger partial charge in [0.05, 0.1) is 23.8 Å². The number of nitrogens with zero attached hydrogens (tertiary/aromatic N) is 1. The minimum Gasteiger partial charge on any atom is -0.496 e. The lowest BCUT2D eigenvalue weighted by atomic mass is 9.97. The highest BCUT2D eigenvalue weighted by Gasteiger charge is 2.27. The fraction of sp³-hybridized carbons (Fsp3) is 0.240. The number of aromatic nitrogens is 1. The first-order chi connectivity index (χ1) is 13.9. The predicted octanol–water partition coefficient (Wildman–Crippen LogP) is 5.75. The maximum absolute atomic E-state index is 13.1. The Kier molecular flexibility index (Phi) is 4.79. The van der Waals surface area contributed by atoms with E-state index in [0.717, 1.165) is 23.2 Å². The molecule has 3 aromatic rings. The van der Waals surface area contributed by atoms with Gasteiger partial charge in [0.2, 0.25) is 0 Å². The largest absolute Gasteiger partial charge is 0.496 e. The van der Waals surface area contributed by atoms with Crippen molar-refractivity contribution in [2.45, 2.75) is 32.9 Å². The van der Waals surface area contributed by atoms with Gasteiger partial charge in [0.15, 0.2) is 5.78 Å². The van der Waals surface area contributed by atoms with Crippen molar-refractivity contribution in [3.63, 3.8) is 0 Å². The lowest BCUT2D eigenvalue weighted by molar-refractivity contribution is 0.103. The molecule has 2 heterocycles. The van der Waals surface area contributed by atoms with E-state index >= 15 is 0 Å². The number of aryl methyl sites for hydroxylation is 1. The van der Waals surface area contributed by atoms with Crippen LogP contribution >= 0.6 is 0 Å². The van der Waals surface area contributed by atoms with Crippen molar-refractivity contribution in [2.75, 3.05) is 7.11 Å². The highest BCUT2D eigenvalue weighted by atomic mass is 16.5. The first-order valence-corrected chi connectivity index (χ1v) is 9.83. The van der Waals surface area contributed by atoms with Crippen LogP contribution in [0.15, 0.2) is 54.7 Å². The van der Waals surface area contributed by atoms with Crippen molar-refractivity contribution in [3.05, 3.63) is 71.4 Å². The molecule has 0 aliphatic carbocycles. The number of ether oxygens (including phenoxy) is 2. The smallest absolute Gasteiger partial charge is 0.189 e. The number of hydrogen-bond donors (Lipinski definition) is 0. The summed E-state index contributed by atoms with van der Waals surface area (Å²) in [6.07, 6.45) is 9.52. The highest BCUT2D eigenvalue weighted by molar-refractivity contribution is 6.10. The Morgan fingerprint density at radius 2 is 2.03 bits per heavy atom. The summed E-state index contributed by atoms with van der Waals surface area (Å²) >= 11 is 0. The number of fused-ring (bicyclic) bond motifs is 2. The van der Waals surface area contributed by atoms with Crippen molar-refractivity contribution in [3.8, 4) is 11.5 Å². The summed E-state index contributed by atoms with van der Waals surface area (Å²) in [5, 5.41) is 1.17. The van der Waals surface area contributed by atoms with Gasteiger partial charge in [-0.05, 0) is 68.8 Å². The number of para-hydroxylation sites is 1. The van der Waals surface area contributed by atoms with Gasteiger partial charge >= 0.3 is 0 Å². The molecule has 0 saturated carbocycles. The van der Waals surface area contributed by atoms with E-state index in [2.05, 4.69) is 29.8 Å². The van der Waals surface area contributed by atoms with Crippen LogP contribution < -0.4 is 9.47 Å². The van der Waals surface area contributed by atoms with Crippen LogP contribution in [-0.4, -0.2) is 23.1 Å². The van der Waals surface area contributed by atoms with E-state index in [0.29, 0.717) is 17.1 Å². The van der Waals surface area contributed by atoms with Crippen LogP contribution in [0.1, 0.15) is 42.3 Å². The molecule has 0 spiro atoms. The van der Waals surface area contributed by atoms with Gasteiger partial charge in [-0.1, -0.05) is 18.2 Å². The average molecular weight is 387 g/mol. The zero-order valence-electron chi connectivity index (χ0n) is 17.2. The van der Waals surface area contributed by atoms with Gasteiger partial charge in [-0.15, -0.1) is 0 Å². The van der Waals surface area contributed by atoms with Crippen LogP contribution in [0, 0.1) is 0 Å². The maximum Gasteiger partial charge on any atom is 0.189 e. The standard InChI is InChI=1S/C25H25NO3/c1-5-26-16-14-18-8-6-7-17(23(18)26)9-11-21(27)19-10-12-22(28-4)20-13-15-25(2,3)29-24(19)20/h6-16H,5H2,1-4H3/b11-9+. The molecule has 0 saturated heterocycles. The monoisotopic (exact) mass is 387 g/mol. The Labute approximate surface area is 171 Å². The van der Waals surface area contributed by atoms with Gasteiger partial charge in [-0.2, -0.15) is 0 Å². The van der Waals surface area contributed by atoms with E-state index in [1.54, 1.807) is 19.3 Å². The Morgan fingerprint density at radius 1 is 1.21 bits per heavy atom. The minimum absolute atomic E-state index is 0.0957. The Morgan fingerprint density at radius 3 is 2.79 bits per heavy atom. The van der Waals surface area contributed by atoms with E-state index in [9.17, 15) is 4.79 Å². The van der Waals surface area contributed by atoms with Crippen molar-refractivity contribution >= 4 is 28.8 Å². The summed E-state index contributed by atoms with van der Waals surface area (Å²) in [7, 11) is 1.62. The molecule has 148 valence electrons. The third-order valence-corrected chi connectivity index (χ3v) is 5.23. The number of methoxy groups -OCH3 is 1. The van der Waals surface area contributed by atoms with Crippen molar-refractivity contribution < 1.29 is 14.3 Å². The third-order valence-electron chi connectivity index (χ3n) is 5.23. The molecule has 2 aromatic carbocycles. The number of ketones is 1. The lowest BCUT2D eigenvalue weighted by Gasteiger charge is -2.29. The molecule has 1 aromatic heterocycles. The topological polar surface area (TPSA) is 40.5 Å². The van der Waals surface area contributed by atoms with Crippen molar-refractivity contribution in [1.82, 2.24) is 4.57 Å². The highest BCUT2D eigenvalue weighted by Crippen LogP contribution is 2.40. The Balaban J connectivity index is 1.74. The Hall–Kier alpha value is -3.27. The van der Waals surface area contributed by atoms with Gasteiger partial charge in [-0.3, -0.25) is 4.79 Å². The molecule has 1 aliphatic heterocycles. The molecular formula is C25H25NO3. The SMILES string of the molecule is CCn1ccc2cccc(/C=C/C(=O)c3ccc(OC)c4c3OC(C)(C)C=C4)c21. The van der Waals surface area contributed by atoms with E-state index < -0.39 is 5.60 Å². The molecule has 0 unspecified atom stereocenters. The van der Waals surface area contributed by atoms with Crippen LogP contribution in [0.4, 0.5) is 0 Å². The summed E-state index contributed by atoms with van der Waals surface area (Å²) < 4.78 is 13.8. The number of rotatable bonds is 5. The van der Waals surface area contributed by atoms with Crippen molar-refractivity contribution in [2.24, 2.45) is 0 Å². The second kappa shape index (κ2) is 7.28. The van der Waals surface area contributed by atoms with Crippen LogP contribution in [-0.2, 0) is 6.54 Å². The second-order valence-corrected chi connectivity index (χ2v) is 7.68. The molecule has 4 heteroatoms. The quantitative estimate of drug-likeness (QED) is 0.413. The zero-order chi connectivity index (χ0) is 20.6. The number of hydrogen-bond acceptors (Lipinski definition) is 3. The van der Waals surface area contributed by atoms with Gasteiger partial charge in [0, 0.05) is 18.1 Å². The van der Waals surface area contributed by atoms with Crippen molar-refractivity contribution in [1.29, 1.82) is 0 Å². The fourth-order valence-electron chi connectivity index (χ4n) is 3.75. The van der Waals surface area contributed by atoms with E-state index in [1.165, 1.54) is 5.39 Å². The van der Waals surface area contributed by atoms with E-state index in [-0.39, 0.29) is 5.78 Å². The summed E-state index contributed by atoms with van der Waals surface area (Å²) in [6.45, 7) is 6.93. The Bertz CT molecular complexity index is 1150. The first kappa shape index (κ1) is 19.1. The number of benzene rings is 2. The molecule has 0 amide bonds.